The summed E-state index contributed by atoms with van der Waals surface area (Å²) in [4.78, 5) is 3.90. The van der Waals surface area contributed by atoms with E-state index < -0.39 is 6.10 Å². The zero-order valence-electron chi connectivity index (χ0n) is 5.78. The monoisotopic (exact) mass is 138 g/mol. The highest BCUT2D eigenvalue weighted by Gasteiger charge is 2.00. The van der Waals surface area contributed by atoms with E-state index in [1.807, 2.05) is 0 Å². The van der Waals surface area contributed by atoms with Crippen molar-refractivity contribution < 1.29 is 5.11 Å². The lowest BCUT2D eigenvalue weighted by Crippen LogP contribution is -1.98. The molecule has 54 valence electrons. The quantitative estimate of drug-likeness (QED) is 0.601. The molecule has 0 radical (unpaired) electrons. The third-order valence-corrected chi connectivity index (χ3v) is 1.22. The van der Waals surface area contributed by atoms with Crippen molar-refractivity contribution in [1.29, 1.82) is 0 Å². The minimum Gasteiger partial charge on any atom is -0.387 e. The van der Waals surface area contributed by atoms with Crippen LogP contribution in [0.15, 0.2) is 18.2 Å². The maximum Gasteiger partial charge on any atom is 0.123 e. The first-order valence-electron chi connectivity index (χ1n) is 3.10. The van der Waals surface area contributed by atoms with E-state index in [1.165, 1.54) is 0 Å². The minimum atomic E-state index is -0.538. The number of anilines is 1. The summed E-state index contributed by atoms with van der Waals surface area (Å²) in [5.74, 6) is 0.443. The number of aliphatic hydroxyl groups excluding tert-OH is 1. The molecule has 0 aliphatic rings. The first-order valence-corrected chi connectivity index (χ1v) is 3.10. The van der Waals surface area contributed by atoms with Crippen LogP contribution in [0, 0.1) is 0 Å². The highest BCUT2D eigenvalue weighted by Crippen LogP contribution is 2.09. The Morgan fingerprint density at radius 2 is 2.30 bits per heavy atom. The van der Waals surface area contributed by atoms with Gasteiger partial charge < -0.3 is 10.8 Å². The van der Waals surface area contributed by atoms with Crippen molar-refractivity contribution in [3.63, 3.8) is 0 Å². The zero-order chi connectivity index (χ0) is 7.56. The second kappa shape index (κ2) is 2.66. The van der Waals surface area contributed by atoms with Gasteiger partial charge >= 0.3 is 0 Å². The van der Waals surface area contributed by atoms with E-state index in [2.05, 4.69) is 4.98 Å². The summed E-state index contributed by atoms with van der Waals surface area (Å²) in [6.45, 7) is 1.65. The van der Waals surface area contributed by atoms with Gasteiger partial charge in [0.15, 0.2) is 0 Å². The molecule has 0 bridgehead atoms. The predicted molar refractivity (Wildman–Crippen MR) is 39.3 cm³/mol. The molecule has 1 heterocycles. The number of nitrogen functional groups attached to an aromatic ring is 1. The van der Waals surface area contributed by atoms with E-state index in [4.69, 9.17) is 10.8 Å². The lowest BCUT2D eigenvalue weighted by molar-refractivity contribution is 0.194. The number of aromatic nitrogens is 1. The SMILES string of the molecule is CC(O)c1cccc(N)n1. The van der Waals surface area contributed by atoms with Gasteiger partial charge in [-0.2, -0.15) is 0 Å². The number of nitrogens with two attached hydrogens (primary N) is 1. The summed E-state index contributed by atoms with van der Waals surface area (Å²) in [5.41, 5.74) is 5.99. The standard InChI is InChI=1S/C7H10N2O/c1-5(10)6-3-2-4-7(8)9-6/h2-5,10H,1H3,(H2,8,9). The fraction of sp³-hybridized carbons (Fsp3) is 0.286. The molecule has 1 aromatic rings. The van der Waals surface area contributed by atoms with Crippen LogP contribution in [0.4, 0.5) is 5.82 Å². The Morgan fingerprint density at radius 3 is 2.70 bits per heavy atom. The van der Waals surface area contributed by atoms with Crippen molar-refractivity contribution in [3.05, 3.63) is 23.9 Å². The van der Waals surface area contributed by atoms with Gasteiger partial charge in [-0.1, -0.05) is 6.07 Å². The molecule has 0 aromatic carbocycles. The van der Waals surface area contributed by atoms with Crippen LogP contribution in [-0.4, -0.2) is 10.1 Å². The molecule has 0 spiro atoms. The van der Waals surface area contributed by atoms with Crippen molar-refractivity contribution in [2.24, 2.45) is 0 Å². The van der Waals surface area contributed by atoms with Crippen LogP contribution in [0.25, 0.3) is 0 Å². The van der Waals surface area contributed by atoms with Crippen molar-refractivity contribution in [1.82, 2.24) is 4.98 Å². The second-order valence-electron chi connectivity index (χ2n) is 2.16. The van der Waals surface area contributed by atoms with Crippen LogP contribution < -0.4 is 5.73 Å². The normalized spacial score (nSPS) is 13.0. The minimum absolute atomic E-state index is 0.443. The molecule has 0 amide bonds. The summed E-state index contributed by atoms with van der Waals surface area (Å²) in [7, 11) is 0. The zero-order valence-corrected chi connectivity index (χ0v) is 5.78. The number of aliphatic hydroxyl groups is 1. The molecule has 0 fully saturated rings. The Bertz CT molecular complexity index is 223. The third-order valence-electron chi connectivity index (χ3n) is 1.22. The fourth-order valence-corrected chi connectivity index (χ4v) is 0.702. The molecule has 1 rings (SSSR count). The van der Waals surface area contributed by atoms with Gasteiger partial charge in [-0.25, -0.2) is 4.98 Å². The molecule has 1 aromatic heterocycles. The molecular formula is C7H10N2O. The summed E-state index contributed by atoms with van der Waals surface area (Å²) in [6, 6.07) is 5.19. The molecule has 0 aliphatic heterocycles. The molecule has 1 unspecified atom stereocenters. The fourth-order valence-electron chi connectivity index (χ4n) is 0.702. The molecule has 3 nitrogen and oxygen atoms in total. The van der Waals surface area contributed by atoms with Crippen LogP contribution in [0.3, 0.4) is 0 Å². The van der Waals surface area contributed by atoms with E-state index in [1.54, 1.807) is 25.1 Å². The van der Waals surface area contributed by atoms with Gasteiger partial charge in [0.05, 0.1) is 11.8 Å². The second-order valence-corrected chi connectivity index (χ2v) is 2.16. The Balaban J connectivity index is 2.96. The molecule has 3 heteroatoms. The number of rotatable bonds is 1. The topological polar surface area (TPSA) is 59.1 Å². The molecule has 0 saturated heterocycles. The van der Waals surface area contributed by atoms with Crippen LogP contribution in [-0.2, 0) is 0 Å². The van der Waals surface area contributed by atoms with Crippen molar-refractivity contribution >= 4 is 5.82 Å². The smallest absolute Gasteiger partial charge is 0.123 e. The molecule has 3 N–H and O–H groups in total. The number of hydrogen-bond acceptors (Lipinski definition) is 3. The highest BCUT2D eigenvalue weighted by molar-refractivity contribution is 5.29. The first-order chi connectivity index (χ1) is 4.70. The van der Waals surface area contributed by atoms with E-state index >= 15 is 0 Å². The molecule has 0 aliphatic carbocycles. The highest BCUT2D eigenvalue weighted by atomic mass is 16.3. The Kier molecular flexibility index (Phi) is 1.87. The van der Waals surface area contributed by atoms with E-state index in [-0.39, 0.29) is 0 Å². The van der Waals surface area contributed by atoms with Crippen LogP contribution in [0.1, 0.15) is 18.7 Å². The maximum atomic E-state index is 9.03. The molecule has 0 saturated carbocycles. The Morgan fingerprint density at radius 1 is 1.60 bits per heavy atom. The van der Waals surface area contributed by atoms with Crippen LogP contribution in [0.2, 0.25) is 0 Å². The summed E-state index contributed by atoms with van der Waals surface area (Å²) < 4.78 is 0. The van der Waals surface area contributed by atoms with Crippen molar-refractivity contribution in [3.8, 4) is 0 Å². The van der Waals surface area contributed by atoms with Crippen molar-refractivity contribution in [2.75, 3.05) is 5.73 Å². The molecular weight excluding hydrogens is 128 g/mol. The predicted octanol–water partition coefficient (Wildman–Crippen LogP) is 0.717. The lowest BCUT2D eigenvalue weighted by Gasteiger charge is -2.02. The lowest BCUT2D eigenvalue weighted by atomic mass is 10.2. The average molecular weight is 138 g/mol. The van der Waals surface area contributed by atoms with Gasteiger partial charge in [-0.15, -0.1) is 0 Å². The van der Waals surface area contributed by atoms with Crippen LogP contribution >= 0.6 is 0 Å². The van der Waals surface area contributed by atoms with Crippen molar-refractivity contribution in [2.45, 2.75) is 13.0 Å². The van der Waals surface area contributed by atoms with Gasteiger partial charge in [-0.3, -0.25) is 0 Å². The van der Waals surface area contributed by atoms with Gasteiger partial charge in [0, 0.05) is 0 Å². The number of pyridine rings is 1. The van der Waals surface area contributed by atoms with Crippen LogP contribution in [0.5, 0.6) is 0 Å². The Labute approximate surface area is 59.5 Å². The van der Waals surface area contributed by atoms with Gasteiger partial charge in [0.2, 0.25) is 0 Å². The maximum absolute atomic E-state index is 9.03. The molecule has 1 atom stereocenters. The third kappa shape index (κ3) is 1.45. The van der Waals surface area contributed by atoms with E-state index in [0.29, 0.717) is 11.5 Å². The number of nitrogens with zero attached hydrogens (tertiary/aromatic N) is 1. The van der Waals surface area contributed by atoms with E-state index in [0.717, 1.165) is 0 Å². The Hall–Kier alpha value is -1.09. The molecule has 10 heavy (non-hydrogen) atoms. The van der Waals surface area contributed by atoms with Gasteiger partial charge in [-0.05, 0) is 19.1 Å². The summed E-state index contributed by atoms with van der Waals surface area (Å²) >= 11 is 0. The van der Waals surface area contributed by atoms with E-state index in [9.17, 15) is 0 Å². The summed E-state index contributed by atoms with van der Waals surface area (Å²) in [5, 5.41) is 9.03. The summed E-state index contributed by atoms with van der Waals surface area (Å²) in [6.07, 6.45) is -0.538. The average Bonchev–Trinajstić information content (AvgIpc) is 1.88. The number of hydrogen-bond donors (Lipinski definition) is 2. The van der Waals surface area contributed by atoms with Gasteiger partial charge in [0.1, 0.15) is 5.82 Å². The first kappa shape index (κ1) is 7.02. The van der Waals surface area contributed by atoms with Gasteiger partial charge in [0.25, 0.3) is 0 Å². The largest absolute Gasteiger partial charge is 0.387 e.